The van der Waals surface area contributed by atoms with Crippen LogP contribution in [0.5, 0.6) is 0 Å². The fraction of sp³-hybridized carbons (Fsp3) is 0.150. The van der Waals surface area contributed by atoms with Crippen molar-refractivity contribution in [3.8, 4) is 6.07 Å². The van der Waals surface area contributed by atoms with Crippen LogP contribution in [0.3, 0.4) is 0 Å². The largest absolute Gasteiger partial charge is 0.355 e. The number of carbonyl (C=O) groups is 2. The smallest absolute Gasteiger partial charge is 0.262 e. The molecule has 2 aromatic carbocycles. The molecule has 2 amide bonds. The summed E-state index contributed by atoms with van der Waals surface area (Å²) >= 11 is 0. The first-order chi connectivity index (χ1) is 12.0. The minimum atomic E-state index is -0.436. The van der Waals surface area contributed by atoms with E-state index in [4.69, 9.17) is 0 Å². The SMILES string of the molecule is CNC(=O)c1ccc(C=C(C#N)C(=O)NC(C)c2ccccc2)cc1. The molecule has 5 heteroatoms. The van der Waals surface area contributed by atoms with Gasteiger partial charge in [0.1, 0.15) is 11.6 Å². The molecule has 5 nitrogen and oxygen atoms in total. The van der Waals surface area contributed by atoms with E-state index in [0.29, 0.717) is 11.1 Å². The van der Waals surface area contributed by atoms with Crippen LogP contribution in [-0.2, 0) is 4.79 Å². The number of carbonyl (C=O) groups excluding carboxylic acids is 2. The lowest BCUT2D eigenvalue weighted by Crippen LogP contribution is -2.27. The predicted octanol–water partition coefficient (Wildman–Crippen LogP) is 2.83. The summed E-state index contributed by atoms with van der Waals surface area (Å²) in [4.78, 5) is 23.8. The molecule has 0 aliphatic carbocycles. The maximum atomic E-state index is 12.3. The highest BCUT2D eigenvalue weighted by atomic mass is 16.2. The van der Waals surface area contributed by atoms with E-state index >= 15 is 0 Å². The molecule has 0 heterocycles. The van der Waals surface area contributed by atoms with Crippen LogP contribution in [0, 0.1) is 11.3 Å². The van der Waals surface area contributed by atoms with E-state index < -0.39 is 5.91 Å². The summed E-state index contributed by atoms with van der Waals surface area (Å²) < 4.78 is 0. The van der Waals surface area contributed by atoms with Crippen LogP contribution in [0.2, 0.25) is 0 Å². The topological polar surface area (TPSA) is 82.0 Å². The third-order valence-corrected chi connectivity index (χ3v) is 3.72. The van der Waals surface area contributed by atoms with Crippen LogP contribution in [0.1, 0.15) is 34.5 Å². The summed E-state index contributed by atoms with van der Waals surface area (Å²) in [5.74, 6) is -0.625. The van der Waals surface area contributed by atoms with Gasteiger partial charge in [-0.25, -0.2) is 0 Å². The molecule has 0 aliphatic rings. The second-order valence-electron chi connectivity index (χ2n) is 5.48. The Labute approximate surface area is 147 Å². The zero-order chi connectivity index (χ0) is 18.2. The average Bonchev–Trinajstić information content (AvgIpc) is 2.66. The molecule has 0 spiro atoms. The predicted molar refractivity (Wildman–Crippen MR) is 96.4 cm³/mol. The maximum Gasteiger partial charge on any atom is 0.262 e. The van der Waals surface area contributed by atoms with E-state index in [2.05, 4.69) is 10.6 Å². The summed E-state index contributed by atoms with van der Waals surface area (Å²) in [6, 6.07) is 17.9. The van der Waals surface area contributed by atoms with Crippen LogP contribution >= 0.6 is 0 Å². The Morgan fingerprint density at radius 1 is 1.08 bits per heavy atom. The van der Waals surface area contributed by atoms with Gasteiger partial charge >= 0.3 is 0 Å². The van der Waals surface area contributed by atoms with E-state index in [9.17, 15) is 14.9 Å². The molecule has 0 saturated heterocycles. The fourth-order valence-corrected chi connectivity index (χ4v) is 2.29. The number of benzene rings is 2. The second-order valence-corrected chi connectivity index (χ2v) is 5.48. The van der Waals surface area contributed by atoms with Gasteiger partial charge in [0.15, 0.2) is 0 Å². The number of rotatable bonds is 5. The summed E-state index contributed by atoms with van der Waals surface area (Å²) in [6.07, 6.45) is 1.50. The van der Waals surface area contributed by atoms with Crippen molar-refractivity contribution in [2.45, 2.75) is 13.0 Å². The van der Waals surface area contributed by atoms with Crippen LogP contribution < -0.4 is 10.6 Å². The van der Waals surface area contributed by atoms with Crippen molar-refractivity contribution in [1.29, 1.82) is 5.26 Å². The monoisotopic (exact) mass is 333 g/mol. The normalized spacial score (nSPS) is 12.0. The summed E-state index contributed by atoms with van der Waals surface area (Å²) in [5.41, 5.74) is 2.16. The van der Waals surface area contributed by atoms with E-state index in [0.717, 1.165) is 5.56 Å². The van der Waals surface area contributed by atoms with Crippen LogP contribution in [0.4, 0.5) is 0 Å². The molecule has 126 valence electrons. The van der Waals surface area contributed by atoms with E-state index in [1.807, 2.05) is 43.3 Å². The molecule has 0 aromatic heterocycles. The highest BCUT2D eigenvalue weighted by molar-refractivity contribution is 6.02. The van der Waals surface area contributed by atoms with Gasteiger partial charge in [0.05, 0.1) is 6.04 Å². The van der Waals surface area contributed by atoms with Crippen molar-refractivity contribution in [2.24, 2.45) is 0 Å². The Morgan fingerprint density at radius 2 is 1.72 bits per heavy atom. The third kappa shape index (κ3) is 4.79. The summed E-state index contributed by atoms with van der Waals surface area (Å²) in [5, 5.41) is 14.6. The molecule has 2 N–H and O–H groups in total. The molecule has 1 unspecified atom stereocenters. The fourth-order valence-electron chi connectivity index (χ4n) is 2.29. The van der Waals surface area contributed by atoms with Gasteiger partial charge < -0.3 is 10.6 Å². The van der Waals surface area contributed by atoms with Crippen LogP contribution in [-0.4, -0.2) is 18.9 Å². The second kappa shape index (κ2) is 8.46. The molecule has 2 rings (SSSR count). The standard InChI is InChI=1S/C20H19N3O2/c1-14(16-6-4-3-5-7-16)23-20(25)18(13-21)12-15-8-10-17(11-9-15)19(24)22-2/h3-12,14H,1-2H3,(H,22,24)(H,23,25). The van der Waals surface area contributed by atoms with Crippen molar-refractivity contribution >= 4 is 17.9 Å². The summed E-state index contributed by atoms with van der Waals surface area (Å²) in [7, 11) is 1.56. The zero-order valence-corrected chi connectivity index (χ0v) is 14.1. The first-order valence-electron chi connectivity index (χ1n) is 7.85. The molecular weight excluding hydrogens is 314 g/mol. The van der Waals surface area contributed by atoms with Crippen LogP contribution in [0.15, 0.2) is 60.2 Å². The lowest BCUT2D eigenvalue weighted by atomic mass is 10.1. The Kier molecular flexibility index (Phi) is 6.08. The molecular formula is C20H19N3O2. The highest BCUT2D eigenvalue weighted by Gasteiger charge is 2.13. The first kappa shape index (κ1) is 18.0. The zero-order valence-electron chi connectivity index (χ0n) is 14.1. The molecule has 2 aromatic rings. The maximum absolute atomic E-state index is 12.3. The Balaban J connectivity index is 2.12. The number of nitrogens with one attached hydrogen (secondary N) is 2. The lowest BCUT2D eigenvalue weighted by Gasteiger charge is -2.13. The number of hydrogen-bond acceptors (Lipinski definition) is 3. The molecule has 0 bridgehead atoms. The molecule has 0 radical (unpaired) electrons. The van der Waals surface area contributed by atoms with Gasteiger partial charge in [-0.05, 0) is 36.3 Å². The van der Waals surface area contributed by atoms with Gasteiger partial charge in [0.25, 0.3) is 11.8 Å². The van der Waals surface area contributed by atoms with Gasteiger partial charge in [-0.15, -0.1) is 0 Å². The minimum absolute atomic E-state index is 0.00970. The van der Waals surface area contributed by atoms with Crippen molar-refractivity contribution in [1.82, 2.24) is 10.6 Å². The molecule has 0 fully saturated rings. The number of amides is 2. The van der Waals surface area contributed by atoms with Gasteiger partial charge in [-0.2, -0.15) is 5.26 Å². The first-order valence-corrected chi connectivity index (χ1v) is 7.85. The number of hydrogen-bond donors (Lipinski definition) is 2. The molecule has 25 heavy (non-hydrogen) atoms. The molecule has 0 aliphatic heterocycles. The van der Waals surface area contributed by atoms with E-state index in [1.54, 1.807) is 31.3 Å². The van der Waals surface area contributed by atoms with Crippen molar-refractivity contribution < 1.29 is 9.59 Å². The van der Waals surface area contributed by atoms with Gasteiger partial charge in [-0.3, -0.25) is 9.59 Å². The number of nitrogens with zero attached hydrogens (tertiary/aromatic N) is 1. The number of nitriles is 1. The average molecular weight is 333 g/mol. The molecule has 0 saturated carbocycles. The Hall–Kier alpha value is -3.39. The van der Waals surface area contributed by atoms with Crippen molar-refractivity contribution in [3.05, 3.63) is 76.9 Å². The lowest BCUT2D eigenvalue weighted by molar-refractivity contribution is -0.117. The quantitative estimate of drug-likeness (QED) is 0.652. The highest BCUT2D eigenvalue weighted by Crippen LogP contribution is 2.14. The van der Waals surface area contributed by atoms with Crippen molar-refractivity contribution in [2.75, 3.05) is 7.05 Å². The minimum Gasteiger partial charge on any atom is -0.355 e. The van der Waals surface area contributed by atoms with Gasteiger partial charge in [0.2, 0.25) is 0 Å². The van der Waals surface area contributed by atoms with E-state index in [1.165, 1.54) is 6.08 Å². The van der Waals surface area contributed by atoms with Gasteiger partial charge in [-0.1, -0.05) is 42.5 Å². The summed E-state index contributed by atoms with van der Waals surface area (Å²) in [6.45, 7) is 1.86. The van der Waals surface area contributed by atoms with Gasteiger partial charge in [0, 0.05) is 12.6 Å². The van der Waals surface area contributed by atoms with E-state index in [-0.39, 0.29) is 17.5 Å². The third-order valence-electron chi connectivity index (χ3n) is 3.72. The van der Waals surface area contributed by atoms with Crippen LogP contribution in [0.25, 0.3) is 6.08 Å². The molecule has 1 atom stereocenters. The Morgan fingerprint density at radius 3 is 2.28 bits per heavy atom. The Bertz CT molecular complexity index is 818. The van der Waals surface area contributed by atoms with Crippen molar-refractivity contribution in [3.63, 3.8) is 0 Å².